The number of hydrogen-bond acceptors (Lipinski definition) is 9. The van der Waals surface area contributed by atoms with Crippen LogP contribution in [0.2, 0.25) is 0 Å². The van der Waals surface area contributed by atoms with Crippen molar-refractivity contribution in [2.45, 2.75) is 107 Å². The third-order valence-corrected chi connectivity index (χ3v) is 16.7. The first-order valence-corrected chi connectivity index (χ1v) is 30.1. The van der Waals surface area contributed by atoms with E-state index in [4.69, 9.17) is 23.9 Å². The van der Waals surface area contributed by atoms with Crippen molar-refractivity contribution in [2.24, 2.45) is 23.7 Å². The predicted molar refractivity (Wildman–Crippen MR) is 347 cm³/mol. The van der Waals surface area contributed by atoms with Gasteiger partial charge in [-0.2, -0.15) is 0 Å². The minimum absolute atomic E-state index is 0. The van der Waals surface area contributed by atoms with E-state index in [9.17, 15) is 19.8 Å². The zero-order chi connectivity index (χ0) is 60.3. The number of benzene rings is 6. The van der Waals surface area contributed by atoms with Crippen LogP contribution in [-0.4, -0.2) is 55.1 Å². The number of methoxy groups -OCH3 is 2. The van der Waals surface area contributed by atoms with Crippen LogP contribution in [-0.2, 0) is 51.7 Å². The Labute approximate surface area is 540 Å². The van der Waals surface area contributed by atoms with Crippen molar-refractivity contribution in [2.75, 3.05) is 14.2 Å². The number of para-hydroxylation sites is 2. The Morgan fingerprint density at radius 2 is 0.816 bits per heavy atom. The predicted octanol–water partition coefficient (Wildman–Crippen LogP) is 19.3. The number of aliphatic hydroxyl groups is 2. The van der Waals surface area contributed by atoms with Crippen molar-refractivity contribution >= 4 is 77.4 Å². The normalized spacial score (nSPS) is 11.8. The van der Waals surface area contributed by atoms with Gasteiger partial charge in [-0.3, -0.25) is 19.6 Å². The maximum Gasteiger partial charge on any atom is 0.162 e. The first-order chi connectivity index (χ1) is 41.4. The van der Waals surface area contributed by atoms with E-state index in [2.05, 4.69) is 130 Å². The number of aliphatic hydroxyl groups excluding tert-OH is 2. The minimum Gasteiger partial charge on any atom is -0.545 e. The van der Waals surface area contributed by atoms with E-state index >= 15 is 0 Å². The number of nitrogens with zero attached hydrogens (tertiary/aromatic N) is 4. The average molecular weight is 1530 g/mol. The molecular weight excluding hydrogens is 1450 g/mol. The van der Waals surface area contributed by atoms with Gasteiger partial charge in [-0.15, -0.1) is 36.4 Å². The van der Waals surface area contributed by atoms with Crippen LogP contribution in [0.3, 0.4) is 0 Å². The van der Waals surface area contributed by atoms with Crippen molar-refractivity contribution in [1.29, 1.82) is 0 Å². The number of carbonyl (C=O) groups is 2. The summed E-state index contributed by atoms with van der Waals surface area (Å²) in [7, 11) is 3.38. The molecule has 5 aromatic heterocycles. The van der Waals surface area contributed by atoms with Crippen LogP contribution in [0.4, 0.5) is 0 Å². The summed E-state index contributed by atoms with van der Waals surface area (Å²) in [6.07, 6.45) is 9.81. The average Bonchev–Trinajstić information content (AvgIpc) is 1.76. The number of furan rings is 1. The van der Waals surface area contributed by atoms with Gasteiger partial charge in [0.1, 0.15) is 11.5 Å². The van der Waals surface area contributed by atoms with Gasteiger partial charge in [0.25, 0.3) is 0 Å². The van der Waals surface area contributed by atoms with Crippen LogP contribution in [0.5, 0.6) is 11.5 Å². The third kappa shape index (κ3) is 14.1. The SMILES string of the molecule is CCC(CC)C(=O)/C=C(\O)C(CC)CC.CCC(CC)C(=O)/C=C(\O)C(CC)CC.COc1ccc2c(c1)c1nc(-c3[c-]ccc4c3oc3c(-c5ccc6c(n5)c5cc(OC)ccc5n6-c5ccccc5)[c-]ccc34)ccc1n2-c1ccccc1.[Pt].[Pt]. The molecule has 0 amide bonds. The molecule has 0 saturated carbocycles. The summed E-state index contributed by atoms with van der Waals surface area (Å²) >= 11 is 0. The van der Waals surface area contributed by atoms with E-state index < -0.39 is 0 Å². The largest absolute Gasteiger partial charge is 0.545 e. The number of rotatable bonds is 20. The maximum absolute atomic E-state index is 11.7. The molecule has 0 aliphatic carbocycles. The molecule has 13 heteroatoms. The fraction of sp³-hybridized carbons (Fsp3) is 0.297. The van der Waals surface area contributed by atoms with Crippen LogP contribution < -0.4 is 9.47 Å². The number of hydrogen-bond donors (Lipinski definition) is 2. The van der Waals surface area contributed by atoms with Crippen LogP contribution in [0, 0.1) is 35.8 Å². The molecular formula is C74H78N4O7Pt2-2. The molecule has 5 heterocycles. The molecule has 0 fully saturated rings. The minimum atomic E-state index is 0. The van der Waals surface area contributed by atoms with Gasteiger partial charge in [-0.05, 0) is 136 Å². The second-order valence-electron chi connectivity index (χ2n) is 21.5. The van der Waals surface area contributed by atoms with Crippen LogP contribution in [0.1, 0.15) is 107 Å². The molecule has 87 heavy (non-hydrogen) atoms. The Morgan fingerprint density at radius 1 is 0.471 bits per heavy atom. The van der Waals surface area contributed by atoms with E-state index in [1.54, 1.807) is 14.2 Å². The fourth-order valence-corrected chi connectivity index (χ4v) is 11.6. The van der Waals surface area contributed by atoms with Crippen LogP contribution in [0.15, 0.2) is 174 Å². The van der Waals surface area contributed by atoms with Crippen LogP contribution >= 0.6 is 0 Å². The van der Waals surface area contributed by atoms with E-state index in [1.165, 1.54) is 12.2 Å². The first kappa shape index (κ1) is 66.9. The van der Waals surface area contributed by atoms with Gasteiger partial charge >= 0.3 is 0 Å². The van der Waals surface area contributed by atoms with E-state index in [-0.39, 0.29) is 88.9 Å². The molecule has 0 aliphatic rings. The quantitative estimate of drug-likeness (QED) is 0.0433. The van der Waals surface area contributed by atoms with Gasteiger partial charge in [-0.25, -0.2) is 0 Å². The van der Waals surface area contributed by atoms with Gasteiger partial charge in [-0.1, -0.05) is 126 Å². The number of carbonyl (C=O) groups excluding carboxylic acids is 2. The number of pyridine rings is 2. The van der Waals surface area contributed by atoms with Gasteiger partial charge < -0.3 is 33.2 Å². The molecule has 11 nitrogen and oxygen atoms in total. The topological polar surface area (TPSA) is 142 Å². The zero-order valence-electron chi connectivity index (χ0n) is 51.3. The van der Waals surface area contributed by atoms with Crippen molar-refractivity contribution in [3.63, 3.8) is 0 Å². The molecule has 6 aromatic carbocycles. The fourth-order valence-electron chi connectivity index (χ4n) is 11.6. The number of aromatic nitrogens is 4. The molecule has 0 aliphatic heterocycles. The second kappa shape index (κ2) is 30.9. The molecule has 0 saturated heterocycles. The third-order valence-electron chi connectivity index (χ3n) is 16.7. The smallest absolute Gasteiger partial charge is 0.162 e. The van der Waals surface area contributed by atoms with Crippen molar-refractivity contribution in [3.8, 4) is 45.4 Å². The molecule has 11 rings (SSSR count). The molecule has 2 N–H and O–H groups in total. The summed E-state index contributed by atoms with van der Waals surface area (Å²) in [5, 5.41) is 23.5. The molecule has 0 spiro atoms. The Kier molecular flexibility index (Phi) is 23.7. The summed E-state index contributed by atoms with van der Waals surface area (Å²) in [6.45, 7) is 16.1. The molecule has 458 valence electrons. The number of fused-ring (bicyclic) bond motifs is 9. The Balaban J connectivity index is 0.000000281. The van der Waals surface area contributed by atoms with Crippen molar-refractivity contribution < 1.29 is 75.8 Å². The molecule has 0 unspecified atom stereocenters. The van der Waals surface area contributed by atoms with Gasteiger partial charge in [0.2, 0.25) is 0 Å². The van der Waals surface area contributed by atoms with E-state index in [0.29, 0.717) is 11.2 Å². The summed E-state index contributed by atoms with van der Waals surface area (Å²) < 4.78 is 22.6. The summed E-state index contributed by atoms with van der Waals surface area (Å²) in [5.74, 6) is 2.64. The maximum atomic E-state index is 11.7. The second-order valence-corrected chi connectivity index (χ2v) is 21.5. The number of ether oxygens (including phenoxy) is 2. The van der Waals surface area contributed by atoms with Crippen molar-refractivity contribution in [1.82, 2.24) is 19.1 Å². The number of allylic oxidation sites excluding steroid dienone is 4. The van der Waals surface area contributed by atoms with Gasteiger partial charge in [0.15, 0.2) is 11.6 Å². The van der Waals surface area contributed by atoms with E-state index in [0.717, 1.165) is 151 Å². The molecule has 0 radical (unpaired) electrons. The van der Waals surface area contributed by atoms with Crippen LogP contribution in [0.25, 0.3) is 99.7 Å². The summed E-state index contributed by atoms with van der Waals surface area (Å²) in [6, 6.07) is 56.3. The molecule has 11 aromatic rings. The Hall–Kier alpha value is -7.58. The molecule has 0 bridgehead atoms. The Morgan fingerprint density at radius 3 is 1.15 bits per heavy atom. The monoisotopic (exact) mass is 1520 g/mol. The number of ketones is 2. The zero-order valence-corrected chi connectivity index (χ0v) is 55.9. The van der Waals surface area contributed by atoms with Crippen molar-refractivity contribution in [3.05, 3.63) is 181 Å². The molecule has 0 atom stereocenters. The first-order valence-electron chi connectivity index (χ1n) is 30.1. The van der Waals surface area contributed by atoms with Gasteiger partial charge in [0, 0.05) is 111 Å². The van der Waals surface area contributed by atoms with Gasteiger partial charge in [0.05, 0.1) is 58.8 Å². The Bertz CT molecular complexity index is 3920. The summed E-state index contributed by atoms with van der Waals surface area (Å²) in [4.78, 5) is 34.0. The van der Waals surface area contributed by atoms with E-state index in [1.807, 2.05) is 91.8 Å². The standard InChI is InChI=1S/C48H30N4O3.2C13H24O2.2Pt/c1-53-31-19-23-41-37(27-31)45-43(51(41)29-11-5-3-6-12-29)25-21-39(49-45)35-17-9-15-33-34-16-10-18-36(48(34)55-47(33)35)40-22-26-44-46(50-40)38-28-32(54-2)20-24-42(38)52(44)30-13-7-4-8-14-30;2*1-5-10(6-2)12(14)9-13(15)11(7-3)8-4;;/h3-16,19-28H,1-2H3;2*9-11,14H,5-8H2,1-4H3;;/q-2;;;;/b;2*12-9-;;. The summed E-state index contributed by atoms with van der Waals surface area (Å²) in [5.41, 5.74) is 12.5.